The van der Waals surface area contributed by atoms with E-state index >= 15 is 0 Å². The molecule has 0 aliphatic heterocycles. The van der Waals surface area contributed by atoms with Gasteiger partial charge in [-0.1, -0.05) is 30.7 Å². The summed E-state index contributed by atoms with van der Waals surface area (Å²) >= 11 is 5.99. The summed E-state index contributed by atoms with van der Waals surface area (Å²) in [6.45, 7) is 1.75. The number of rotatable bonds is 7. The second-order valence-corrected chi connectivity index (χ2v) is 7.98. The molecule has 0 radical (unpaired) electrons. The molecule has 6 nitrogen and oxygen atoms in total. The normalized spacial score (nSPS) is 12.3. The van der Waals surface area contributed by atoms with E-state index < -0.39 is 22.0 Å². The van der Waals surface area contributed by atoms with Crippen molar-refractivity contribution in [1.82, 2.24) is 0 Å². The molecule has 26 heavy (non-hydrogen) atoms. The Balaban J connectivity index is 2.36. The number of nitrogens with one attached hydrogen (secondary N) is 1. The van der Waals surface area contributed by atoms with Crippen molar-refractivity contribution in [2.45, 2.75) is 19.4 Å². The van der Waals surface area contributed by atoms with Crippen molar-refractivity contribution >= 4 is 38.9 Å². The minimum Gasteiger partial charge on any atom is -0.497 e. The van der Waals surface area contributed by atoms with Crippen molar-refractivity contribution in [3.63, 3.8) is 0 Å². The van der Waals surface area contributed by atoms with Crippen LogP contribution in [-0.2, 0) is 14.8 Å². The third-order valence-electron chi connectivity index (χ3n) is 3.73. The van der Waals surface area contributed by atoms with Gasteiger partial charge in [-0.2, -0.15) is 0 Å². The van der Waals surface area contributed by atoms with Crippen molar-refractivity contribution < 1.29 is 17.9 Å². The van der Waals surface area contributed by atoms with Gasteiger partial charge in [-0.05, 0) is 36.8 Å². The Labute approximate surface area is 158 Å². The van der Waals surface area contributed by atoms with Gasteiger partial charge >= 0.3 is 0 Å². The molecule has 1 N–H and O–H groups in total. The lowest BCUT2D eigenvalue weighted by molar-refractivity contribution is -0.117. The number of benzene rings is 2. The highest BCUT2D eigenvalue weighted by atomic mass is 35.5. The van der Waals surface area contributed by atoms with E-state index in [1.807, 2.05) is 0 Å². The SMILES string of the molecule is CCC(C(=O)Nc1cccc(OC)c1)N(c1cccc(Cl)c1)S(C)(=O)=O. The fourth-order valence-corrected chi connectivity index (χ4v) is 3.99. The van der Waals surface area contributed by atoms with Crippen molar-refractivity contribution in [2.75, 3.05) is 23.0 Å². The third kappa shape index (κ3) is 4.89. The molecule has 0 heterocycles. The van der Waals surface area contributed by atoms with Crippen LogP contribution in [0.1, 0.15) is 13.3 Å². The summed E-state index contributed by atoms with van der Waals surface area (Å²) in [4.78, 5) is 12.8. The molecule has 0 bridgehead atoms. The van der Waals surface area contributed by atoms with Gasteiger partial charge < -0.3 is 10.1 Å². The summed E-state index contributed by atoms with van der Waals surface area (Å²) in [5.74, 6) is 0.150. The van der Waals surface area contributed by atoms with Crippen LogP contribution in [-0.4, -0.2) is 33.7 Å². The maximum atomic E-state index is 12.8. The molecule has 1 atom stereocenters. The van der Waals surface area contributed by atoms with Crippen LogP contribution >= 0.6 is 11.6 Å². The van der Waals surface area contributed by atoms with Gasteiger partial charge in [0.15, 0.2) is 0 Å². The van der Waals surface area contributed by atoms with Gasteiger partial charge in [-0.15, -0.1) is 0 Å². The second kappa shape index (κ2) is 8.42. The molecule has 1 amide bonds. The molecule has 2 rings (SSSR count). The Morgan fingerprint density at radius 2 is 1.92 bits per heavy atom. The Kier molecular flexibility index (Phi) is 6.50. The van der Waals surface area contributed by atoms with Crippen LogP contribution in [0.3, 0.4) is 0 Å². The molecule has 1 unspecified atom stereocenters. The zero-order valence-electron chi connectivity index (χ0n) is 14.8. The van der Waals surface area contributed by atoms with E-state index in [1.165, 1.54) is 13.2 Å². The number of hydrogen-bond acceptors (Lipinski definition) is 4. The van der Waals surface area contributed by atoms with E-state index in [1.54, 1.807) is 49.4 Å². The quantitative estimate of drug-likeness (QED) is 0.776. The van der Waals surface area contributed by atoms with Gasteiger partial charge in [0.05, 0.1) is 19.1 Å². The highest BCUT2D eigenvalue weighted by Gasteiger charge is 2.31. The van der Waals surface area contributed by atoms with Crippen molar-refractivity contribution in [2.24, 2.45) is 0 Å². The Hall–Kier alpha value is -2.25. The van der Waals surface area contributed by atoms with Crippen molar-refractivity contribution in [3.05, 3.63) is 53.6 Å². The molecule has 0 saturated heterocycles. The van der Waals surface area contributed by atoms with Gasteiger partial charge in [-0.25, -0.2) is 8.42 Å². The molecule has 0 aliphatic rings. The molecule has 0 aliphatic carbocycles. The van der Waals surface area contributed by atoms with Crippen LogP contribution in [0.2, 0.25) is 5.02 Å². The average Bonchev–Trinajstić information content (AvgIpc) is 2.58. The summed E-state index contributed by atoms with van der Waals surface area (Å²) < 4.78 is 31.0. The number of amides is 1. The topological polar surface area (TPSA) is 75.7 Å². The van der Waals surface area contributed by atoms with Crippen LogP contribution in [0.4, 0.5) is 11.4 Å². The number of hydrogen-bond donors (Lipinski definition) is 1. The van der Waals surface area contributed by atoms with E-state index in [-0.39, 0.29) is 6.42 Å². The highest BCUT2D eigenvalue weighted by molar-refractivity contribution is 7.92. The minimum atomic E-state index is -3.71. The number of ether oxygens (including phenoxy) is 1. The van der Waals surface area contributed by atoms with E-state index in [2.05, 4.69) is 5.32 Å². The minimum absolute atomic E-state index is 0.287. The standard InChI is InChI=1S/C18H21ClN2O4S/c1-4-17(18(22)20-14-8-6-10-16(12-14)25-2)21(26(3,23)24)15-9-5-7-13(19)11-15/h5-12,17H,4H2,1-3H3,(H,20,22). The molecule has 8 heteroatoms. The molecule has 0 fully saturated rings. The summed E-state index contributed by atoms with van der Waals surface area (Å²) in [5, 5.41) is 3.13. The molecular formula is C18H21ClN2O4S. The molecule has 2 aromatic rings. The molecule has 0 spiro atoms. The Morgan fingerprint density at radius 1 is 1.23 bits per heavy atom. The van der Waals surface area contributed by atoms with Crippen molar-refractivity contribution in [3.8, 4) is 5.75 Å². The molecule has 0 aromatic heterocycles. The monoisotopic (exact) mass is 396 g/mol. The van der Waals surface area contributed by atoms with Crippen molar-refractivity contribution in [1.29, 1.82) is 0 Å². The molecular weight excluding hydrogens is 376 g/mol. The lowest BCUT2D eigenvalue weighted by Crippen LogP contribution is -2.47. The fourth-order valence-electron chi connectivity index (χ4n) is 2.60. The number of methoxy groups -OCH3 is 1. The number of sulfonamides is 1. The Bertz CT molecular complexity index is 886. The first-order valence-corrected chi connectivity index (χ1v) is 10.2. The van der Waals surface area contributed by atoms with Crippen LogP contribution in [0.5, 0.6) is 5.75 Å². The largest absolute Gasteiger partial charge is 0.497 e. The van der Waals surface area contributed by atoms with Gasteiger partial charge in [0.25, 0.3) is 0 Å². The number of halogens is 1. The highest BCUT2D eigenvalue weighted by Crippen LogP contribution is 2.26. The number of nitrogens with zero attached hydrogens (tertiary/aromatic N) is 1. The summed E-state index contributed by atoms with van der Waals surface area (Å²) in [7, 11) is -2.18. The van der Waals surface area contributed by atoms with Crippen LogP contribution in [0.15, 0.2) is 48.5 Å². The van der Waals surface area contributed by atoms with Gasteiger partial charge in [-0.3, -0.25) is 9.10 Å². The smallest absolute Gasteiger partial charge is 0.248 e. The average molecular weight is 397 g/mol. The van der Waals surface area contributed by atoms with Crippen LogP contribution in [0.25, 0.3) is 0 Å². The van der Waals surface area contributed by atoms with E-state index in [0.717, 1.165) is 10.6 Å². The van der Waals surface area contributed by atoms with Gasteiger partial charge in [0.2, 0.25) is 15.9 Å². The van der Waals surface area contributed by atoms with Crippen LogP contribution in [0, 0.1) is 0 Å². The van der Waals surface area contributed by atoms with E-state index in [0.29, 0.717) is 22.1 Å². The van der Waals surface area contributed by atoms with Gasteiger partial charge in [0, 0.05) is 16.8 Å². The summed E-state index contributed by atoms with van der Waals surface area (Å²) in [5.41, 5.74) is 0.861. The number of carbonyl (C=O) groups is 1. The maximum absolute atomic E-state index is 12.8. The number of anilines is 2. The third-order valence-corrected chi connectivity index (χ3v) is 5.14. The lowest BCUT2D eigenvalue weighted by atomic mass is 10.1. The first-order chi connectivity index (χ1) is 12.3. The summed E-state index contributed by atoms with van der Waals surface area (Å²) in [6, 6.07) is 12.3. The molecule has 0 saturated carbocycles. The number of carbonyl (C=O) groups excluding carboxylic acids is 1. The van der Waals surface area contributed by atoms with E-state index in [4.69, 9.17) is 16.3 Å². The molecule has 140 valence electrons. The second-order valence-electron chi connectivity index (χ2n) is 5.68. The fraction of sp³-hybridized carbons (Fsp3) is 0.278. The summed E-state index contributed by atoms with van der Waals surface area (Å²) in [6.07, 6.45) is 1.35. The predicted octanol–water partition coefficient (Wildman–Crippen LogP) is 3.53. The first-order valence-electron chi connectivity index (χ1n) is 7.96. The maximum Gasteiger partial charge on any atom is 0.248 e. The first kappa shape index (κ1) is 20.1. The zero-order chi connectivity index (χ0) is 19.3. The molecule has 2 aromatic carbocycles. The van der Waals surface area contributed by atoms with Gasteiger partial charge in [0.1, 0.15) is 11.8 Å². The lowest BCUT2D eigenvalue weighted by Gasteiger charge is -2.30. The predicted molar refractivity (Wildman–Crippen MR) is 104 cm³/mol. The Morgan fingerprint density at radius 3 is 2.50 bits per heavy atom. The zero-order valence-corrected chi connectivity index (χ0v) is 16.3. The van der Waals surface area contributed by atoms with E-state index in [9.17, 15) is 13.2 Å². The van der Waals surface area contributed by atoms with Crippen LogP contribution < -0.4 is 14.4 Å².